The summed E-state index contributed by atoms with van der Waals surface area (Å²) < 4.78 is 4.39. The van der Waals surface area contributed by atoms with Gasteiger partial charge in [-0.1, -0.05) is 31.2 Å². The zero-order valence-electron chi connectivity index (χ0n) is 10.6. The Hall–Kier alpha value is -1.95. The van der Waals surface area contributed by atoms with Crippen LogP contribution in [0.4, 0.5) is 5.13 Å². The molecule has 97 valence electrons. The molecule has 19 heavy (non-hydrogen) atoms. The van der Waals surface area contributed by atoms with Gasteiger partial charge in [-0.2, -0.15) is 9.37 Å². The minimum atomic E-state index is 0.159. The van der Waals surface area contributed by atoms with Gasteiger partial charge in [-0.05, 0) is 11.6 Å². The molecule has 2 N–H and O–H groups in total. The molecule has 1 aliphatic heterocycles. The zero-order chi connectivity index (χ0) is 13.1. The summed E-state index contributed by atoms with van der Waals surface area (Å²) in [6, 6.07) is 11.0. The van der Waals surface area contributed by atoms with Crippen LogP contribution in [0.1, 0.15) is 24.2 Å². The van der Waals surface area contributed by atoms with E-state index in [9.17, 15) is 0 Å². The Labute approximate surface area is 116 Å². The number of guanidine groups is 1. The highest BCUT2D eigenvalue weighted by Crippen LogP contribution is 2.25. The van der Waals surface area contributed by atoms with E-state index in [0.717, 1.165) is 30.4 Å². The normalized spacial score (nSPS) is 15.7. The van der Waals surface area contributed by atoms with Crippen LogP contribution in [0.15, 0.2) is 29.3 Å². The Bertz CT molecular complexity index is 570. The van der Waals surface area contributed by atoms with E-state index in [0.29, 0.717) is 5.13 Å². The van der Waals surface area contributed by atoms with E-state index >= 15 is 0 Å². The van der Waals surface area contributed by atoms with Gasteiger partial charge in [-0.3, -0.25) is 0 Å². The number of aromatic nitrogens is 2. The highest BCUT2D eigenvalue weighted by atomic mass is 32.1. The van der Waals surface area contributed by atoms with E-state index in [1.165, 1.54) is 11.5 Å². The molecule has 0 aliphatic carbocycles. The van der Waals surface area contributed by atoms with Crippen molar-refractivity contribution in [2.24, 2.45) is 4.99 Å². The SMILES string of the molecule is CC(c1c[c]ccc1)c1nsc(N=C2NCCN2)n1. The van der Waals surface area contributed by atoms with Gasteiger partial charge in [0.25, 0.3) is 0 Å². The number of hydrogen-bond donors (Lipinski definition) is 2. The molecule has 1 atom stereocenters. The second-order valence-corrected chi connectivity index (χ2v) is 5.04. The predicted molar refractivity (Wildman–Crippen MR) is 75.8 cm³/mol. The molecule has 2 aromatic rings. The van der Waals surface area contributed by atoms with E-state index in [-0.39, 0.29) is 5.92 Å². The van der Waals surface area contributed by atoms with E-state index < -0.39 is 0 Å². The van der Waals surface area contributed by atoms with Crippen molar-refractivity contribution in [1.29, 1.82) is 0 Å². The fourth-order valence-electron chi connectivity index (χ4n) is 1.87. The predicted octanol–water partition coefficient (Wildman–Crippen LogP) is 1.67. The second-order valence-electron chi connectivity index (χ2n) is 4.31. The molecule has 1 unspecified atom stereocenters. The highest BCUT2D eigenvalue weighted by molar-refractivity contribution is 7.09. The van der Waals surface area contributed by atoms with Crippen molar-refractivity contribution in [3.8, 4) is 0 Å². The van der Waals surface area contributed by atoms with Crippen LogP contribution in [0.3, 0.4) is 0 Å². The number of hydrogen-bond acceptors (Lipinski definition) is 4. The van der Waals surface area contributed by atoms with Gasteiger partial charge in [0, 0.05) is 30.5 Å². The highest BCUT2D eigenvalue weighted by Gasteiger charge is 2.14. The first-order chi connectivity index (χ1) is 9.33. The van der Waals surface area contributed by atoms with Crippen molar-refractivity contribution in [2.45, 2.75) is 12.8 Å². The molecular weight excluding hydrogens is 258 g/mol. The van der Waals surface area contributed by atoms with E-state index in [2.05, 4.69) is 44.0 Å². The van der Waals surface area contributed by atoms with Crippen LogP contribution in [0.25, 0.3) is 0 Å². The average molecular weight is 272 g/mol. The second kappa shape index (κ2) is 5.36. The van der Waals surface area contributed by atoms with Crippen molar-refractivity contribution in [2.75, 3.05) is 13.1 Å². The average Bonchev–Trinajstić information content (AvgIpc) is 3.11. The van der Waals surface area contributed by atoms with Crippen molar-refractivity contribution in [3.63, 3.8) is 0 Å². The minimum Gasteiger partial charge on any atom is -0.354 e. The molecule has 2 heterocycles. The van der Waals surface area contributed by atoms with Crippen LogP contribution in [-0.4, -0.2) is 28.4 Å². The van der Waals surface area contributed by atoms with Crippen LogP contribution in [0.5, 0.6) is 0 Å². The maximum atomic E-state index is 4.48. The topological polar surface area (TPSA) is 62.2 Å². The number of rotatable bonds is 3. The Kier molecular flexibility index (Phi) is 3.41. The Morgan fingerprint density at radius 3 is 3.00 bits per heavy atom. The molecule has 1 aromatic heterocycles. The van der Waals surface area contributed by atoms with E-state index in [1.807, 2.05) is 18.2 Å². The molecule has 0 saturated carbocycles. The largest absolute Gasteiger partial charge is 0.354 e. The van der Waals surface area contributed by atoms with Gasteiger partial charge in [0.15, 0.2) is 11.8 Å². The van der Waals surface area contributed by atoms with Crippen LogP contribution in [0, 0.1) is 6.07 Å². The van der Waals surface area contributed by atoms with Gasteiger partial charge < -0.3 is 10.6 Å². The van der Waals surface area contributed by atoms with Crippen LogP contribution < -0.4 is 10.6 Å². The summed E-state index contributed by atoms with van der Waals surface area (Å²) in [5, 5.41) is 6.98. The van der Waals surface area contributed by atoms with Crippen LogP contribution in [0.2, 0.25) is 0 Å². The lowest BCUT2D eigenvalue weighted by Crippen LogP contribution is -2.23. The van der Waals surface area contributed by atoms with Crippen LogP contribution in [-0.2, 0) is 0 Å². The molecular formula is C13H14N5S. The molecule has 1 fully saturated rings. The first-order valence-electron chi connectivity index (χ1n) is 6.19. The third kappa shape index (κ3) is 2.73. The molecule has 6 heteroatoms. The van der Waals surface area contributed by atoms with Crippen molar-refractivity contribution < 1.29 is 0 Å². The Morgan fingerprint density at radius 1 is 1.42 bits per heavy atom. The van der Waals surface area contributed by atoms with Crippen LogP contribution >= 0.6 is 11.5 Å². The fraction of sp³-hybridized carbons (Fsp3) is 0.308. The summed E-state index contributed by atoms with van der Waals surface area (Å²) in [6.45, 7) is 3.90. The molecule has 3 rings (SSSR count). The van der Waals surface area contributed by atoms with Gasteiger partial charge in [0.1, 0.15) is 0 Å². The fourth-order valence-corrected chi connectivity index (χ4v) is 2.51. The van der Waals surface area contributed by atoms with Gasteiger partial charge in [0.2, 0.25) is 5.13 Å². The summed E-state index contributed by atoms with van der Waals surface area (Å²) in [4.78, 5) is 8.86. The third-order valence-corrected chi connectivity index (χ3v) is 3.59. The molecule has 0 amide bonds. The number of nitrogens with one attached hydrogen (secondary N) is 2. The first-order valence-corrected chi connectivity index (χ1v) is 6.96. The molecule has 0 spiro atoms. The summed E-state index contributed by atoms with van der Waals surface area (Å²) >= 11 is 1.32. The smallest absolute Gasteiger partial charge is 0.232 e. The van der Waals surface area contributed by atoms with E-state index in [1.54, 1.807) is 0 Å². The van der Waals surface area contributed by atoms with Crippen molar-refractivity contribution in [3.05, 3.63) is 41.7 Å². The third-order valence-electron chi connectivity index (χ3n) is 2.97. The molecule has 1 radical (unpaired) electrons. The summed E-state index contributed by atoms with van der Waals surface area (Å²) in [6.07, 6.45) is 0. The zero-order valence-corrected chi connectivity index (χ0v) is 11.4. The van der Waals surface area contributed by atoms with Gasteiger partial charge >= 0.3 is 0 Å². The maximum absolute atomic E-state index is 4.48. The monoisotopic (exact) mass is 272 g/mol. The van der Waals surface area contributed by atoms with Crippen molar-refractivity contribution >= 4 is 22.6 Å². The van der Waals surface area contributed by atoms with Gasteiger partial charge in [0.05, 0.1) is 0 Å². The summed E-state index contributed by atoms with van der Waals surface area (Å²) in [5.41, 5.74) is 1.16. The molecule has 1 aliphatic rings. The van der Waals surface area contributed by atoms with E-state index in [4.69, 9.17) is 0 Å². The lowest BCUT2D eigenvalue weighted by atomic mass is 10.0. The summed E-state index contributed by atoms with van der Waals surface area (Å²) in [7, 11) is 0. The standard InChI is InChI=1S/C13H14N5S/c1-9(10-5-3-2-4-6-10)11-16-13(19-18-11)17-12-14-7-8-15-12/h2-3,5-6,9H,7-8H2,1H3,(H2,14,15,16,17,18). The quantitative estimate of drug-likeness (QED) is 0.892. The number of aliphatic imine (C=N–C) groups is 1. The first kappa shape index (κ1) is 12.1. The molecule has 1 aromatic carbocycles. The Balaban J connectivity index is 1.79. The molecule has 1 saturated heterocycles. The molecule has 0 bridgehead atoms. The van der Waals surface area contributed by atoms with Gasteiger partial charge in [-0.25, -0.2) is 4.98 Å². The van der Waals surface area contributed by atoms with Gasteiger partial charge in [-0.15, -0.1) is 0 Å². The van der Waals surface area contributed by atoms with Crippen molar-refractivity contribution in [1.82, 2.24) is 20.0 Å². The summed E-state index contributed by atoms with van der Waals surface area (Å²) in [5.74, 6) is 1.75. The Morgan fingerprint density at radius 2 is 2.26 bits per heavy atom. The lowest BCUT2D eigenvalue weighted by molar-refractivity contribution is 0.845. The minimum absolute atomic E-state index is 0.159. The number of benzene rings is 1. The maximum Gasteiger partial charge on any atom is 0.232 e. The number of nitrogens with zero attached hydrogens (tertiary/aromatic N) is 3. The molecule has 5 nitrogen and oxygen atoms in total. The lowest BCUT2D eigenvalue weighted by Gasteiger charge is -2.06.